The van der Waals surface area contributed by atoms with Crippen molar-refractivity contribution in [1.82, 2.24) is 12.3 Å². The van der Waals surface area contributed by atoms with Gasteiger partial charge in [-0.25, -0.2) is 0 Å². The Bertz CT molecular complexity index is 1010. The van der Waals surface area contributed by atoms with E-state index in [9.17, 15) is 4.79 Å². The summed E-state index contributed by atoms with van der Waals surface area (Å²) in [5, 5.41) is 0. The van der Waals surface area contributed by atoms with Gasteiger partial charge in [-0.15, -0.1) is 0 Å². The highest BCUT2D eigenvalue weighted by Gasteiger charge is 2.33. The predicted molar refractivity (Wildman–Crippen MR) is 128 cm³/mol. The summed E-state index contributed by atoms with van der Waals surface area (Å²) in [5.74, 6) is -0.425. The van der Waals surface area contributed by atoms with E-state index in [1.54, 1.807) is 72.8 Å². The van der Waals surface area contributed by atoms with E-state index in [2.05, 4.69) is 0 Å². The lowest BCUT2D eigenvalue weighted by Gasteiger charge is -2.32. The van der Waals surface area contributed by atoms with E-state index in [1.165, 1.54) is 0 Å². The van der Waals surface area contributed by atoms with Crippen LogP contribution < -0.4 is 33.2 Å². The van der Waals surface area contributed by atoms with Crippen LogP contribution in [0.5, 0.6) is 11.5 Å². The van der Waals surface area contributed by atoms with E-state index in [-0.39, 0.29) is 18.1 Å². The number of nitrogens with two attached hydrogens (primary N) is 2. The Balaban J connectivity index is 0.00000181. The number of ether oxygens (including phenoxy) is 2. The zero-order valence-electron chi connectivity index (χ0n) is 17.7. The first-order chi connectivity index (χ1) is 14.5. The summed E-state index contributed by atoms with van der Waals surface area (Å²) in [6.07, 6.45) is 7.10. The molecule has 1 aliphatic carbocycles. The molecule has 4 rings (SSSR count). The van der Waals surface area contributed by atoms with E-state index in [0.29, 0.717) is 28.4 Å². The summed E-state index contributed by atoms with van der Waals surface area (Å²) in [7, 11) is 0. The normalized spacial score (nSPS) is 14.0. The fraction of sp³-hybridized carbons (Fsp3) is 0.0800. The molecular formula is C25H28N4O3. The van der Waals surface area contributed by atoms with Gasteiger partial charge < -0.3 is 33.2 Å². The summed E-state index contributed by atoms with van der Waals surface area (Å²) in [4.78, 5) is 12.8. The van der Waals surface area contributed by atoms with Crippen molar-refractivity contribution < 1.29 is 14.3 Å². The van der Waals surface area contributed by atoms with Crippen LogP contribution >= 0.6 is 0 Å². The van der Waals surface area contributed by atoms with Crippen LogP contribution in [0, 0.1) is 5.92 Å². The number of benzene rings is 3. The molecule has 7 heteroatoms. The van der Waals surface area contributed by atoms with Crippen molar-refractivity contribution in [3.63, 3.8) is 0 Å². The monoisotopic (exact) mass is 432 g/mol. The van der Waals surface area contributed by atoms with E-state index >= 15 is 0 Å². The molecular weight excluding hydrogens is 404 g/mol. The van der Waals surface area contributed by atoms with Crippen LogP contribution in [0.4, 0.5) is 11.4 Å². The smallest absolute Gasteiger partial charge is 0.291 e. The van der Waals surface area contributed by atoms with Crippen molar-refractivity contribution in [2.24, 2.45) is 5.92 Å². The number of allylic oxidation sites excluding steroid dienone is 2. The van der Waals surface area contributed by atoms with Crippen LogP contribution in [0.3, 0.4) is 0 Å². The predicted octanol–water partition coefficient (Wildman–Crippen LogP) is 4.95. The molecule has 0 saturated heterocycles. The lowest BCUT2D eigenvalue weighted by atomic mass is 9.92. The summed E-state index contributed by atoms with van der Waals surface area (Å²) in [5.41, 5.74) is 13.5. The standard InChI is InChI=1S/C25H22N2O3.2H3N/c26-20-6-10-22(11-7-20)29-25(30-23-12-8-21(27)9-13-23)16-14-19(15-17-25)24(28)18-4-2-1-3-5-18;;/h1-17,19H,26-27H2;2*1H3. The van der Waals surface area contributed by atoms with Gasteiger partial charge in [-0.2, -0.15) is 0 Å². The van der Waals surface area contributed by atoms with Gasteiger partial charge in [0.25, 0.3) is 5.79 Å². The van der Waals surface area contributed by atoms with Gasteiger partial charge in [0.1, 0.15) is 11.5 Å². The van der Waals surface area contributed by atoms with Crippen LogP contribution in [-0.4, -0.2) is 11.6 Å². The molecule has 0 spiro atoms. The number of ketones is 1. The van der Waals surface area contributed by atoms with Crippen molar-refractivity contribution >= 4 is 17.2 Å². The number of rotatable bonds is 6. The second-order valence-corrected chi connectivity index (χ2v) is 7.04. The number of nitrogen functional groups attached to an aromatic ring is 2. The van der Waals surface area contributed by atoms with Crippen molar-refractivity contribution in [3.05, 3.63) is 109 Å². The van der Waals surface area contributed by atoms with Gasteiger partial charge in [0, 0.05) is 29.1 Å². The fourth-order valence-electron chi connectivity index (χ4n) is 3.16. The maximum absolute atomic E-state index is 12.8. The van der Waals surface area contributed by atoms with E-state index in [0.717, 1.165) is 0 Å². The summed E-state index contributed by atoms with van der Waals surface area (Å²) in [6.45, 7) is 0. The summed E-state index contributed by atoms with van der Waals surface area (Å²) in [6, 6.07) is 23.3. The maximum Gasteiger partial charge on any atom is 0.291 e. The largest absolute Gasteiger partial charge is 0.445 e. The molecule has 7 nitrogen and oxygen atoms in total. The Morgan fingerprint density at radius 3 is 1.56 bits per heavy atom. The molecule has 166 valence electrons. The van der Waals surface area contributed by atoms with Crippen LogP contribution in [0.2, 0.25) is 0 Å². The average molecular weight is 433 g/mol. The van der Waals surface area contributed by atoms with E-state index < -0.39 is 11.7 Å². The second kappa shape index (κ2) is 10.3. The van der Waals surface area contributed by atoms with Crippen LogP contribution in [-0.2, 0) is 0 Å². The van der Waals surface area contributed by atoms with Gasteiger partial charge in [0.05, 0.1) is 5.92 Å². The number of carbonyl (C=O) groups is 1. The highest BCUT2D eigenvalue weighted by atomic mass is 16.7. The molecule has 0 saturated carbocycles. The van der Waals surface area contributed by atoms with Crippen molar-refractivity contribution in [1.29, 1.82) is 0 Å². The first-order valence-corrected chi connectivity index (χ1v) is 9.60. The second-order valence-electron chi connectivity index (χ2n) is 7.04. The van der Waals surface area contributed by atoms with Crippen LogP contribution in [0.1, 0.15) is 10.4 Å². The maximum atomic E-state index is 12.8. The van der Waals surface area contributed by atoms with Gasteiger partial charge in [-0.1, -0.05) is 42.5 Å². The minimum atomic E-state index is -1.21. The molecule has 0 bridgehead atoms. The van der Waals surface area contributed by atoms with Gasteiger partial charge in [0.2, 0.25) is 0 Å². The first kappa shape index (κ1) is 24.2. The van der Waals surface area contributed by atoms with Crippen molar-refractivity contribution in [3.8, 4) is 11.5 Å². The number of hydrogen-bond donors (Lipinski definition) is 4. The Labute approximate surface area is 187 Å². The molecule has 10 N–H and O–H groups in total. The molecule has 32 heavy (non-hydrogen) atoms. The van der Waals surface area contributed by atoms with Gasteiger partial charge in [0.15, 0.2) is 5.78 Å². The first-order valence-electron chi connectivity index (χ1n) is 9.60. The lowest BCUT2D eigenvalue weighted by Crippen LogP contribution is -2.40. The molecule has 0 aromatic heterocycles. The van der Waals surface area contributed by atoms with Crippen molar-refractivity contribution in [2.45, 2.75) is 5.79 Å². The summed E-state index contributed by atoms with van der Waals surface area (Å²) < 4.78 is 12.3. The summed E-state index contributed by atoms with van der Waals surface area (Å²) >= 11 is 0. The van der Waals surface area contributed by atoms with E-state index in [1.807, 2.05) is 30.3 Å². The average Bonchev–Trinajstić information content (AvgIpc) is 2.78. The van der Waals surface area contributed by atoms with Gasteiger partial charge in [-0.05, 0) is 48.5 Å². The van der Waals surface area contributed by atoms with E-state index in [4.69, 9.17) is 20.9 Å². The van der Waals surface area contributed by atoms with Crippen molar-refractivity contribution in [2.75, 3.05) is 11.5 Å². The molecule has 0 fully saturated rings. The quantitative estimate of drug-likeness (QED) is 0.185. The zero-order chi connectivity index (χ0) is 21.0. The third-order valence-corrected chi connectivity index (χ3v) is 4.75. The Morgan fingerprint density at radius 2 is 1.12 bits per heavy atom. The highest BCUT2D eigenvalue weighted by Crippen LogP contribution is 2.31. The number of hydrogen-bond acceptors (Lipinski definition) is 7. The van der Waals surface area contributed by atoms with Gasteiger partial charge in [-0.3, -0.25) is 4.79 Å². The minimum Gasteiger partial charge on any atom is -0.445 e. The fourth-order valence-corrected chi connectivity index (χ4v) is 3.16. The lowest BCUT2D eigenvalue weighted by molar-refractivity contribution is -0.0293. The van der Waals surface area contributed by atoms with Crippen LogP contribution in [0.25, 0.3) is 0 Å². The number of carbonyl (C=O) groups excluding carboxylic acids is 1. The third kappa shape index (κ3) is 5.54. The Hall–Kier alpha value is -4.07. The molecule has 3 aromatic rings. The molecule has 0 atom stereocenters. The topological polar surface area (TPSA) is 158 Å². The molecule has 3 aromatic carbocycles. The Kier molecular flexibility index (Phi) is 7.79. The Morgan fingerprint density at radius 1 is 0.688 bits per heavy atom. The SMILES string of the molecule is N.N.Nc1ccc(OC2(Oc3ccc(N)cc3)C=CC(C(=O)c3ccccc3)C=C2)cc1. The van der Waals surface area contributed by atoms with Gasteiger partial charge >= 0.3 is 0 Å². The number of anilines is 2. The molecule has 0 heterocycles. The molecule has 0 unspecified atom stereocenters. The molecule has 1 aliphatic rings. The molecule has 0 radical (unpaired) electrons. The molecule has 0 aliphatic heterocycles. The third-order valence-electron chi connectivity index (χ3n) is 4.75. The van der Waals surface area contributed by atoms with Crippen LogP contribution in [0.15, 0.2) is 103 Å². The highest BCUT2D eigenvalue weighted by molar-refractivity contribution is 6.00. The zero-order valence-corrected chi connectivity index (χ0v) is 17.7. The molecule has 0 amide bonds. The number of Topliss-reactive ketones (excluding diaryl/α,β-unsaturated/α-hetero) is 1. The minimum absolute atomic E-state index is 0.